The van der Waals surface area contributed by atoms with Gasteiger partial charge in [-0.2, -0.15) is 13.1 Å². The lowest BCUT2D eigenvalue weighted by Gasteiger charge is -2.33. The van der Waals surface area contributed by atoms with E-state index < -0.39 is 95.1 Å². The average molecular weight is 1040 g/mol. The Bertz CT molecular complexity index is 2900. The summed E-state index contributed by atoms with van der Waals surface area (Å²) in [5.74, 6) is -7.24. The molecule has 4 aromatic rings. The Morgan fingerprint density at radius 1 is 0.932 bits per heavy atom. The third kappa shape index (κ3) is 12.7. The van der Waals surface area contributed by atoms with Gasteiger partial charge in [0.1, 0.15) is 72.5 Å². The van der Waals surface area contributed by atoms with Crippen molar-refractivity contribution in [1.82, 2.24) is 35.5 Å². The number of aliphatic hydroxyl groups is 2. The SMILES string of the molecule is Cc1nc(-c2cc3c(cc2O)C(C)(C)CC3)nc(N)c1C(=O)N[C@@H](CNS(N)(=O)=O)C(=O)N(C)[C@@H]1C(=O)N[C@@H](C)C(=O)N[C@H](C(=O)O)Cc2ccc(OC[C@H](O)CN)c(c2)-c2cc1cc(OC[C@H](O)CN)c2O. The summed E-state index contributed by atoms with van der Waals surface area (Å²) >= 11 is 0. The van der Waals surface area contributed by atoms with Crippen molar-refractivity contribution in [1.29, 1.82) is 0 Å². The number of phenolic OH excluding ortho intramolecular Hbond substituents is 2. The van der Waals surface area contributed by atoms with E-state index in [4.69, 9.17) is 31.8 Å². The molecule has 394 valence electrons. The van der Waals surface area contributed by atoms with Gasteiger partial charge < -0.3 is 73.1 Å². The average Bonchev–Trinajstić information content (AvgIpc) is 3.62. The van der Waals surface area contributed by atoms with Crippen molar-refractivity contribution in [3.8, 4) is 45.5 Å². The van der Waals surface area contributed by atoms with Crippen LogP contribution >= 0.6 is 0 Å². The van der Waals surface area contributed by atoms with Gasteiger partial charge in [0.15, 0.2) is 17.3 Å². The molecule has 73 heavy (non-hydrogen) atoms. The van der Waals surface area contributed by atoms with Crippen LogP contribution in [0.2, 0.25) is 0 Å². The quantitative estimate of drug-likeness (QED) is 0.0570. The number of carbonyl (C=O) groups is 5. The number of nitrogen functional groups attached to an aromatic ring is 1. The number of hydrogen-bond acceptors (Lipinski definition) is 18. The van der Waals surface area contributed by atoms with E-state index in [-0.39, 0.29) is 93.9 Å². The number of nitrogens with one attached hydrogen (secondary N) is 4. The van der Waals surface area contributed by atoms with Gasteiger partial charge in [0, 0.05) is 44.2 Å². The molecule has 2 aliphatic rings. The van der Waals surface area contributed by atoms with Gasteiger partial charge in [-0.15, -0.1) is 0 Å². The highest BCUT2D eigenvalue weighted by Crippen LogP contribution is 2.46. The maximum absolute atomic E-state index is 14.9. The lowest BCUT2D eigenvalue weighted by molar-refractivity contribution is -0.143. The Labute approximate surface area is 419 Å². The van der Waals surface area contributed by atoms with E-state index in [0.717, 1.165) is 42.0 Å². The van der Waals surface area contributed by atoms with E-state index >= 15 is 0 Å². The number of hydrogen-bond donors (Lipinski definition) is 13. The van der Waals surface area contributed by atoms with Crippen LogP contribution in [0.1, 0.15) is 71.5 Å². The molecule has 26 heteroatoms. The van der Waals surface area contributed by atoms with Gasteiger partial charge in [-0.05, 0) is 90.8 Å². The molecular formula is C47H61N11O14S. The van der Waals surface area contributed by atoms with E-state index in [0.29, 0.717) is 5.56 Å². The molecule has 1 aliphatic heterocycles. The molecule has 4 amide bonds. The largest absolute Gasteiger partial charge is 0.507 e. The molecule has 0 radical (unpaired) electrons. The number of rotatable bonds is 17. The second-order valence-electron chi connectivity index (χ2n) is 18.6. The topological polar surface area (TPSA) is 420 Å². The normalized spacial score (nSPS) is 18.7. The number of aromatic nitrogens is 2. The number of likely N-dealkylation sites (N-methyl/N-ethyl adjacent to an activating group) is 1. The Balaban J connectivity index is 1.47. The molecule has 6 rings (SSSR count). The number of fused-ring (bicyclic) bond motifs is 6. The molecule has 1 aliphatic carbocycles. The molecular weight excluding hydrogens is 975 g/mol. The number of amides is 4. The van der Waals surface area contributed by atoms with Crippen LogP contribution in [-0.2, 0) is 47.6 Å². The van der Waals surface area contributed by atoms with Gasteiger partial charge in [0.2, 0.25) is 17.7 Å². The van der Waals surface area contributed by atoms with Crippen LogP contribution in [-0.4, -0.2) is 149 Å². The minimum atomic E-state index is -4.57. The monoisotopic (exact) mass is 1040 g/mol. The number of nitrogens with two attached hydrogens (primary N) is 4. The molecule has 0 unspecified atom stereocenters. The first kappa shape index (κ1) is 55.1. The molecule has 6 atom stereocenters. The van der Waals surface area contributed by atoms with E-state index in [1.807, 2.05) is 4.72 Å². The van der Waals surface area contributed by atoms with Crippen LogP contribution in [0.15, 0.2) is 42.5 Å². The van der Waals surface area contributed by atoms with Gasteiger partial charge in [0.05, 0.1) is 11.3 Å². The van der Waals surface area contributed by atoms with Crippen molar-refractivity contribution >= 4 is 45.6 Å². The second-order valence-corrected chi connectivity index (χ2v) is 19.9. The highest BCUT2D eigenvalue weighted by Gasteiger charge is 2.38. The molecule has 4 bridgehead atoms. The van der Waals surface area contributed by atoms with Crippen molar-refractivity contribution in [2.45, 2.75) is 88.7 Å². The number of aromatic hydroxyl groups is 2. The van der Waals surface area contributed by atoms with Crippen LogP contribution in [0.3, 0.4) is 0 Å². The number of aliphatic carboxylic acids is 1. The Morgan fingerprint density at radius 2 is 1.59 bits per heavy atom. The molecule has 0 saturated carbocycles. The number of carbonyl (C=O) groups excluding carboxylic acids is 4. The summed E-state index contributed by atoms with van der Waals surface area (Å²) in [6.07, 6.45) is -1.17. The zero-order chi connectivity index (χ0) is 53.9. The number of aryl methyl sites for hydroxylation is 2. The fourth-order valence-electron chi connectivity index (χ4n) is 8.52. The predicted molar refractivity (Wildman–Crippen MR) is 263 cm³/mol. The maximum Gasteiger partial charge on any atom is 0.326 e. The number of carboxylic acids is 1. The van der Waals surface area contributed by atoms with Crippen LogP contribution in [0, 0.1) is 6.92 Å². The molecule has 0 spiro atoms. The van der Waals surface area contributed by atoms with E-state index in [2.05, 4.69) is 39.8 Å². The minimum Gasteiger partial charge on any atom is -0.507 e. The Morgan fingerprint density at radius 3 is 2.21 bits per heavy atom. The maximum atomic E-state index is 14.9. The molecule has 3 aromatic carbocycles. The summed E-state index contributed by atoms with van der Waals surface area (Å²) in [5.41, 5.74) is 19.3. The summed E-state index contributed by atoms with van der Waals surface area (Å²) in [4.78, 5) is 79.5. The van der Waals surface area contributed by atoms with Crippen molar-refractivity contribution < 1.29 is 67.4 Å². The number of carboxylic acid groups (broad SMARTS) is 1. The molecule has 2 heterocycles. The number of aliphatic hydroxyl groups excluding tert-OH is 2. The molecule has 0 fully saturated rings. The van der Waals surface area contributed by atoms with E-state index in [9.17, 15) is 57.9 Å². The number of nitrogens with zero attached hydrogens (tertiary/aromatic N) is 3. The molecule has 0 saturated heterocycles. The van der Waals surface area contributed by atoms with Gasteiger partial charge in [-0.25, -0.2) is 19.9 Å². The lowest BCUT2D eigenvalue weighted by Crippen LogP contribution is -2.57. The van der Waals surface area contributed by atoms with E-state index in [1.165, 1.54) is 38.1 Å². The van der Waals surface area contributed by atoms with Gasteiger partial charge in [-0.3, -0.25) is 19.2 Å². The van der Waals surface area contributed by atoms with Gasteiger partial charge >= 0.3 is 5.97 Å². The first-order chi connectivity index (χ1) is 34.2. The lowest BCUT2D eigenvalue weighted by atomic mass is 9.86. The zero-order valence-electron chi connectivity index (χ0n) is 40.6. The molecule has 25 nitrogen and oxygen atoms in total. The highest BCUT2D eigenvalue weighted by molar-refractivity contribution is 7.87. The summed E-state index contributed by atoms with van der Waals surface area (Å²) in [6.45, 7) is 4.53. The first-order valence-corrected chi connectivity index (χ1v) is 24.5. The summed E-state index contributed by atoms with van der Waals surface area (Å²) in [7, 11) is -3.47. The molecule has 1 aromatic heterocycles. The van der Waals surface area contributed by atoms with Crippen LogP contribution in [0.4, 0.5) is 5.82 Å². The smallest absolute Gasteiger partial charge is 0.326 e. The minimum absolute atomic E-state index is 0.00383. The number of phenols is 2. The van der Waals surface area contributed by atoms with Crippen LogP contribution in [0.25, 0.3) is 22.5 Å². The van der Waals surface area contributed by atoms with Gasteiger partial charge in [0.25, 0.3) is 16.1 Å². The van der Waals surface area contributed by atoms with Crippen molar-refractivity contribution in [3.63, 3.8) is 0 Å². The summed E-state index contributed by atoms with van der Waals surface area (Å²) < 4.78 is 38.3. The summed E-state index contributed by atoms with van der Waals surface area (Å²) in [6, 6.07) is 3.27. The standard InChI is InChI=1S/C47H61N11O14S/c1-21-37(40(50)57-41(53-21)30-12-24-8-9-47(3,4)31(24)15-34(30)61)43(64)56-33(18-52-73(51,69)70)45(66)58(5)38-25-13-29(39(62)36(14-25)72-20-27(60)17-49)28-10-23(6-7-35(28)71-19-26(59)16-48)11-32(46(67)68)55-42(63)22(2)54-44(38)65/h6-7,10,12-15,22,26-27,32-33,38,52,59-62H,8-9,11,16-20,48-49H2,1-5H3,(H,54,65)(H,55,63)(H,56,64)(H,67,68)(H2,50,53,57)(H2,51,69,70)/t22-,26+,27+,32-,33-,38-/m0/s1. The zero-order valence-corrected chi connectivity index (χ0v) is 41.4. The third-order valence-electron chi connectivity index (χ3n) is 12.6. The van der Waals surface area contributed by atoms with E-state index in [1.54, 1.807) is 12.1 Å². The fraction of sp³-hybridized carbons (Fsp3) is 0.426. The summed E-state index contributed by atoms with van der Waals surface area (Å²) in [5, 5.41) is 66.4. The molecule has 17 N–H and O–H groups in total. The van der Waals surface area contributed by atoms with Gasteiger partial charge in [-0.1, -0.05) is 19.9 Å². The highest BCUT2D eigenvalue weighted by atomic mass is 32.2. The number of ether oxygens (including phenoxy) is 2. The second kappa shape index (κ2) is 22.3. The fourth-order valence-corrected chi connectivity index (χ4v) is 8.92. The predicted octanol–water partition coefficient (Wildman–Crippen LogP) is -1.55. The number of benzene rings is 3. The van der Waals surface area contributed by atoms with Crippen LogP contribution in [0.5, 0.6) is 23.0 Å². The van der Waals surface area contributed by atoms with Crippen molar-refractivity contribution in [2.75, 3.05) is 45.6 Å². The number of anilines is 1. The first-order valence-electron chi connectivity index (χ1n) is 22.9. The third-order valence-corrected chi connectivity index (χ3v) is 13.2. The van der Waals surface area contributed by atoms with Crippen molar-refractivity contribution in [3.05, 3.63) is 76.0 Å². The Hall–Kier alpha value is -7.20. The Kier molecular flexibility index (Phi) is 16.8. The van der Waals surface area contributed by atoms with Crippen LogP contribution < -0.4 is 52.5 Å². The van der Waals surface area contributed by atoms with Crippen molar-refractivity contribution in [2.24, 2.45) is 16.6 Å².